The van der Waals surface area contributed by atoms with Gasteiger partial charge in [-0.3, -0.25) is 0 Å². The van der Waals surface area contributed by atoms with Crippen molar-refractivity contribution >= 4 is 16.0 Å². The van der Waals surface area contributed by atoms with Crippen LogP contribution in [0.3, 0.4) is 0 Å². The van der Waals surface area contributed by atoms with Gasteiger partial charge < -0.3 is 0 Å². The molecule has 0 bridgehead atoms. The fraction of sp³-hybridized carbons (Fsp3) is 0.375. The van der Waals surface area contributed by atoms with Gasteiger partial charge in [-0.2, -0.15) is 0 Å². The highest BCUT2D eigenvalue weighted by Gasteiger charge is 2.21. The predicted octanol–water partition coefficient (Wildman–Crippen LogP) is 3.11. The van der Waals surface area contributed by atoms with E-state index < -0.39 is 22.7 Å². The lowest BCUT2D eigenvalue weighted by Gasteiger charge is -2.20. The molecule has 0 aliphatic heterocycles. The summed E-state index contributed by atoms with van der Waals surface area (Å²) in [5, 5.41) is 0. The first kappa shape index (κ1) is 13.4. The molecule has 0 N–H and O–H groups in total. The number of anilines is 1. The third-order valence-corrected chi connectivity index (χ3v) is 4.53. The number of nitrogens with zero attached hydrogens (tertiary/aromatic N) is 3. The first-order valence-corrected chi connectivity index (χ1v) is 8.79. The number of sulfonamides is 1. The smallest absolute Gasteiger partial charge is 0.239 e. The Morgan fingerprint density at radius 3 is 2.30 bits per heavy atom. The quantitative estimate of drug-likeness (QED) is 0.858. The van der Waals surface area contributed by atoms with E-state index in [-0.39, 0.29) is 28.8 Å². The molecule has 0 saturated carbocycles. The number of benzene rings is 1. The zero-order chi connectivity index (χ0) is 19.9. The van der Waals surface area contributed by atoms with Crippen LogP contribution >= 0.6 is 0 Å². The van der Waals surface area contributed by atoms with Crippen molar-refractivity contribution in [3.05, 3.63) is 41.3 Å². The van der Waals surface area contributed by atoms with Gasteiger partial charge in [0.05, 0.1) is 17.6 Å². The first-order chi connectivity index (χ1) is 11.8. The highest BCUT2D eigenvalue weighted by molar-refractivity contribution is 7.92. The van der Waals surface area contributed by atoms with Crippen LogP contribution in [0.15, 0.2) is 24.3 Å². The SMILES string of the molecule is [2H]C([2H])([2H])c1c(-c2ccc(F)cc2)nc(N(C)S(C)(=O)=O)nc1C(C)C. The molecule has 1 aromatic carbocycles. The van der Waals surface area contributed by atoms with E-state index in [1.807, 2.05) is 0 Å². The second-order valence-electron chi connectivity index (χ2n) is 5.52. The molecule has 1 heterocycles. The number of hydrogen-bond acceptors (Lipinski definition) is 4. The molecule has 124 valence electrons. The Bertz CT molecular complexity index is 914. The molecular formula is C16H20FN3O2S. The minimum atomic E-state index is -3.64. The van der Waals surface area contributed by atoms with Crippen LogP contribution in [0.1, 0.15) is 35.1 Å². The molecule has 7 heteroatoms. The first-order valence-electron chi connectivity index (χ1n) is 8.44. The Morgan fingerprint density at radius 1 is 1.22 bits per heavy atom. The molecule has 0 unspecified atom stereocenters. The van der Waals surface area contributed by atoms with Crippen LogP contribution in [0.4, 0.5) is 10.3 Å². The second kappa shape index (κ2) is 6.23. The topological polar surface area (TPSA) is 63.2 Å². The monoisotopic (exact) mass is 340 g/mol. The molecule has 0 amide bonds. The maximum Gasteiger partial charge on any atom is 0.239 e. The Balaban J connectivity index is 2.88. The highest BCUT2D eigenvalue weighted by atomic mass is 32.2. The third-order valence-electron chi connectivity index (χ3n) is 3.37. The van der Waals surface area contributed by atoms with E-state index >= 15 is 0 Å². The Kier molecular flexibility index (Phi) is 3.64. The van der Waals surface area contributed by atoms with Gasteiger partial charge in [0.2, 0.25) is 16.0 Å². The fourth-order valence-electron chi connectivity index (χ4n) is 1.99. The molecule has 5 nitrogen and oxygen atoms in total. The molecule has 0 spiro atoms. The fourth-order valence-corrected chi connectivity index (χ4v) is 2.37. The van der Waals surface area contributed by atoms with Crippen LogP contribution in [0.5, 0.6) is 0 Å². The van der Waals surface area contributed by atoms with E-state index in [1.165, 1.54) is 31.3 Å². The van der Waals surface area contributed by atoms with E-state index in [2.05, 4.69) is 9.97 Å². The van der Waals surface area contributed by atoms with E-state index in [1.54, 1.807) is 13.8 Å². The van der Waals surface area contributed by atoms with Crippen LogP contribution in [0, 0.1) is 12.7 Å². The summed E-state index contributed by atoms with van der Waals surface area (Å²) in [5.74, 6) is -0.904. The largest absolute Gasteiger partial charge is 0.241 e. The predicted molar refractivity (Wildman–Crippen MR) is 89.5 cm³/mol. The Morgan fingerprint density at radius 2 is 1.83 bits per heavy atom. The summed E-state index contributed by atoms with van der Waals surface area (Å²) in [6.45, 7) is 0.998. The van der Waals surface area contributed by atoms with Gasteiger partial charge in [-0.05, 0) is 42.6 Å². The Labute approximate surface area is 140 Å². The van der Waals surface area contributed by atoms with Crippen molar-refractivity contribution in [1.29, 1.82) is 0 Å². The molecule has 1 aromatic heterocycles. The van der Waals surface area contributed by atoms with Gasteiger partial charge in [0.25, 0.3) is 0 Å². The number of rotatable bonds is 4. The Hall–Kier alpha value is -2.02. The lowest BCUT2D eigenvalue weighted by Crippen LogP contribution is -2.27. The van der Waals surface area contributed by atoms with Crippen molar-refractivity contribution in [2.75, 3.05) is 17.6 Å². The van der Waals surface area contributed by atoms with Crippen molar-refractivity contribution in [1.82, 2.24) is 9.97 Å². The molecule has 2 aromatic rings. The van der Waals surface area contributed by atoms with Crippen molar-refractivity contribution in [2.24, 2.45) is 0 Å². The zero-order valence-electron chi connectivity index (χ0n) is 16.3. The average Bonchev–Trinajstić information content (AvgIpc) is 2.51. The molecule has 0 radical (unpaired) electrons. The summed E-state index contributed by atoms with van der Waals surface area (Å²) in [6, 6.07) is 5.19. The van der Waals surface area contributed by atoms with Crippen LogP contribution < -0.4 is 4.31 Å². The van der Waals surface area contributed by atoms with Crippen LogP contribution in [-0.4, -0.2) is 31.7 Å². The minimum absolute atomic E-state index is 0.0641. The van der Waals surface area contributed by atoms with Gasteiger partial charge in [0, 0.05) is 16.7 Å². The summed E-state index contributed by atoms with van der Waals surface area (Å²) < 4.78 is 61.6. The highest BCUT2D eigenvalue weighted by Crippen LogP contribution is 2.29. The van der Waals surface area contributed by atoms with Crippen molar-refractivity contribution in [3.8, 4) is 11.3 Å². The molecule has 0 aliphatic carbocycles. The molecule has 0 saturated heterocycles. The van der Waals surface area contributed by atoms with Crippen LogP contribution in [-0.2, 0) is 10.0 Å². The van der Waals surface area contributed by atoms with Crippen molar-refractivity contribution in [2.45, 2.75) is 26.6 Å². The van der Waals surface area contributed by atoms with E-state index in [4.69, 9.17) is 4.11 Å². The summed E-state index contributed by atoms with van der Waals surface area (Å²) >= 11 is 0. The van der Waals surface area contributed by atoms with Crippen molar-refractivity contribution < 1.29 is 16.9 Å². The number of halogens is 1. The van der Waals surface area contributed by atoms with E-state index in [0.29, 0.717) is 5.56 Å². The summed E-state index contributed by atoms with van der Waals surface area (Å²) in [4.78, 5) is 8.41. The maximum absolute atomic E-state index is 13.3. The molecular weight excluding hydrogens is 317 g/mol. The van der Waals surface area contributed by atoms with Gasteiger partial charge in [-0.1, -0.05) is 13.8 Å². The van der Waals surface area contributed by atoms with E-state index in [0.717, 1.165) is 10.6 Å². The molecule has 0 aliphatic rings. The number of aromatic nitrogens is 2. The maximum atomic E-state index is 13.3. The summed E-state index contributed by atoms with van der Waals surface area (Å²) in [6.07, 6.45) is 1.00. The minimum Gasteiger partial charge on any atom is -0.241 e. The number of hydrogen-bond donors (Lipinski definition) is 0. The van der Waals surface area contributed by atoms with Gasteiger partial charge in [-0.25, -0.2) is 27.1 Å². The van der Waals surface area contributed by atoms with Gasteiger partial charge in [-0.15, -0.1) is 0 Å². The lowest BCUT2D eigenvalue weighted by molar-refractivity contribution is 0.599. The molecule has 2 rings (SSSR count). The third kappa shape index (κ3) is 3.67. The summed E-state index contributed by atoms with van der Waals surface area (Å²) in [5.41, 5.74) is 0.591. The molecule has 23 heavy (non-hydrogen) atoms. The van der Waals surface area contributed by atoms with Crippen LogP contribution in [0.25, 0.3) is 11.3 Å². The van der Waals surface area contributed by atoms with Crippen LogP contribution in [0.2, 0.25) is 0 Å². The molecule has 0 fully saturated rings. The van der Waals surface area contributed by atoms with Gasteiger partial charge >= 0.3 is 0 Å². The lowest BCUT2D eigenvalue weighted by atomic mass is 10.00. The molecule has 0 atom stereocenters. The summed E-state index contributed by atoms with van der Waals surface area (Å²) in [7, 11) is -2.35. The average molecular weight is 340 g/mol. The van der Waals surface area contributed by atoms with Crippen molar-refractivity contribution in [3.63, 3.8) is 0 Å². The van der Waals surface area contributed by atoms with E-state index in [9.17, 15) is 12.8 Å². The zero-order valence-corrected chi connectivity index (χ0v) is 14.1. The van der Waals surface area contributed by atoms with Gasteiger partial charge in [0.15, 0.2) is 0 Å². The normalized spacial score (nSPS) is 14.3. The second-order valence-corrected chi connectivity index (χ2v) is 7.54. The standard InChI is InChI=1S/C16H20FN3O2S/c1-10(2)14-11(3)15(12-6-8-13(17)9-7-12)19-16(18-14)20(4)23(5,21)22/h6-10H,1-5H3/i3D3. The van der Waals surface area contributed by atoms with Gasteiger partial charge in [0.1, 0.15) is 5.82 Å².